The minimum absolute atomic E-state index is 0.240. The van der Waals surface area contributed by atoms with Gasteiger partial charge in [0, 0.05) is 5.56 Å². The van der Waals surface area contributed by atoms with Crippen molar-refractivity contribution >= 4 is 5.91 Å². The van der Waals surface area contributed by atoms with Crippen LogP contribution in [0.3, 0.4) is 0 Å². The van der Waals surface area contributed by atoms with Crippen molar-refractivity contribution in [2.75, 3.05) is 0 Å². The first kappa shape index (κ1) is 8.74. The van der Waals surface area contributed by atoms with Gasteiger partial charge in [0.25, 0.3) is 5.91 Å². The molecule has 0 bridgehead atoms. The second-order valence-electron chi connectivity index (χ2n) is 2.72. The summed E-state index contributed by atoms with van der Waals surface area (Å²) in [6, 6.07) is 5.56. The number of hydrogen-bond donors (Lipinski definition) is 2. The van der Waals surface area contributed by atoms with Crippen LogP contribution < -0.4 is 11.3 Å². The van der Waals surface area contributed by atoms with E-state index in [-0.39, 0.29) is 5.91 Å². The molecule has 1 amide bonds. The molecule has 1 aromatic carbocycles. The normalized spacial score (nSPS) is 9.58. The maximum absolute atomic E-state index is 11.2. The molecule has 1 rings (SSSR count). The lowest BCUT2D eigenvalue weighted by atomic mass is 10.0. The molecule has 0 radical (unpaired) electrons. The molecule has 12 heavy (non-hydrogen) atoms. The van der Waals surface area contributed by atoms with Gasteiger partial charge in [-0.1, -0.05) is 12.1 Å². The first-order chi connectivity index (χ1) is 5.66. The van der Waals surface area contributed by atoms with Gasteiger partial charge in [0.15, 0.2) is 0 Å². The number of nitrogen functional groups attached to an aromatic ring is 1. The van der Waals surface area contributed by atoms with Gasteiger partial charge < -0.3 is 0 Å². The van der Waals surface area contributed by atoms with Crippen LogP contribution in [0.5, 0.6) is 0 Å². The zero-order valence-electron chi connectivity index (χ0n) is 7.22. The topological polar surface area (TPSA) is 55.1 Å². The van der Waals surface area contributed by atoms with Gasteiger partial charge in [0.05, 0.1) is 0 Å². The summed E-state index contributed by atoms with van der Waals surface area (Å²) in [7, 11) is 0. The number of aryl methyl sites for hydroxylation is 1. The van der Waals surface area contributed by atoms with E-state index in [2.05, 4.69) is 5.43 Å². The Hall–Kier alpha value is -1.35. The molecule has 0 fully saturated rings. The molecule has 3 N–H and O–H groups in total. The Balaban J connectivity index is 3.16. The number of hydrogen-bond acceptors (Lipinski definition) is 2. The zero-order chi connectivity index (χ0) is 9.14. The minimum Gasteiger partial charge on any atom is -0.290 e. The van der Waals surface area contributed by atoms with Crippen molar-refractivity contribution in [1.29, 1.82) is 0 Å². The van der Waals surface area contributed by atoms with E-state index in [4.69, 9.17) is 5.84 Å². The third-order valence-electron chi connectivity index (χ3n) is 1.98. The summed E-state index contributed by atoms with van der Waals surface area (Å²) in [5.41, 5.74) is 4.81. The minimum atomic E-state index is -0.240. The summed E-state index contributed by atoms with van der Waals surface area (Å²) >= 11 is 0. The van der Waals surface area contributed by atoms with Gasteiger partial charge >= 0.3 is 0 Å². The van der Waals surface area contributed by atoms with Crippen molar-refractivity contribution in [3.05, 3.63) is 34.9 Å². The van der Waals surface area contributed by atoms with Crippen molar-refractivity contribution in [2.45, 2.75) is 13.8 Å². The molecule has 64 valence electrons. The van der Waals surface area contributed by atoms with Crippen LogP contribution in [0.25, 0.3) is 0 Å². The van der Waals surface area contributed by atoms with E-state index in [1.807, 2.05) is 26.0 Å². The fourth-order valence-electron chi connectivity index (χ4n) is 1.07. The predicted octanol–water partition coefficient (Wildman–Crippen LogP) is 0.907. The first-order valence-electron chi connectivity index (χ1n) is 3.74. The molecule has 0 aliphatic heterocycles. The van der Waals surface area contributed by atoms with Crippen LogP contribution >= 0.6 is 0 Å². The number of hydrazine groups is 1. The van der Waals surface area contributed by atoms with Crippen LogP contribution in [0.2, 0.25) is 0 Å². The number of amides is 1. The van der Waals surface area contributed by atoms with E-state index in [0.29, 0.717) is 5.56 Å². The molecule has 0 aliphatic rings. The molecule has 0 spiro atoms. The van der Waals surface area contributed by atoms with Gasteiger partial charge in [0.2, 0.25) is 0 Å². The molecule has 0 unspecified atom stereocenters. The van der Waals surface area contributed by atoms with Crippen LogP contribution in [-0.2, 0) is 0 Å². The summed E-state index contributed by atoms with van der Waals surface area (Å²) in [6.45, 7) is 3.86. The van der Waals surface area contributed by atoms with E-state index in [1.54, 1.807) is 6.07 Å². The van der Waals surface area contributed by atoms with E-state index in [0.717, 1.165) is 11.1 Å². The zero-order valence-corrected chi connectivity index (χ0v) is 7.22. The Morgan fingerprint density at radius 2 is 2.08 bits per heavy atom. The lowest BCUT2D eigenvalue weighted by Gasteiger charge is -2.05. The van der Waals surface area contributed by atoms with Gasteiger partial charge in [0.1, 0.15) is 0 Å². The average molecular weight is 164 g/mol. The highest BCUT2D eigenvalue weighted by molar-refractivity contribution is 5.95. The Morgan fingerprint density at radius 1 is 1.42 bits per heavy atom. The maximum atomic E-state index is 11.2. The SMILES string of the molecule is Cc1cccc(C(=O)NN)c1C. The fourth-order valence-corrected chi connectivity index (χ4v) is 1.07. The number of nitrogens with two attached hydrogens (primary N) is 1. The first-order valence-corrected chi connectivity index (χ1v) is 3.74. The monoisotopic (exact) mass is 164 g/mol. The quantitative estimate of drug-likeness (QED) is 0.368. The molecule has 0 saturated carbocycles. The average Bonchev–Trinajstić information content (AvgIpc) is 2.08. The van der Waals surface area contributed by atoms with E-state index < -0.39 is 0 Å². The smallest absolute Gasteiger partial charge is 0.265 e. The van der Waals surface area contributed by atoms with Crippen molar-refractivity contribution in [2.24, 2.45) is 5.84 Å². The molecular weight excluding hydrogens is 152 g/mol. The van der Waals surface area contributed by atoms with Crippen LogP contribution in [0.1, 0.15) is 21.5 Å². The summed E-state index contributed by atoms with van der Waals surface area (Å²) in [4.78, 5) is 11.2. The van der Waals surface area contributed by atoms with E-state index >= 15 is 0 Å². The Kier molecular flexibility index (Phi) is 2.45. The lowest BCUT2D eigenvalue weighted by molar-refractivity contribution is 0.0953. The Labute approximate surface area is 71.5 Å². The van der Waals surface area contributed by atoms with Crippen LogP contribution in [0.4, 0.5) is 0 Å². The summed E-state index contributed by atoms with van der Waals surface area (Å²) < 4.78 is 0. The largest absolute Gasteiger partial charge is 0.290 e. The molecule has 3 nitrogen and oxygen atoms in total. The fraction of sp³-hybridized carbons (Fsp3) is 0.222. The highest BCUT2D eigenvalue weighted by Crippen LogP contribution is 2.11. The van der Waals surface area contributed by atoms with Gasteiger partial charge in [-0.15, -0.1) is 0 Å². The highest BCUT2D eigenvalue weighted by Gasteiger charge is 2.07. The summed E-state index contributed by atoms with van der Waals surface area (Å²) in [5, 5.41) is 0. The van der Waals surface area contributed by atoms with Crippen LogP contribution in [-0.4, -0.2) is 5.91 Å². The van der Waals surface area contributed by atoms with Crippen molar-refractivity contribution in [1.82, 2.24) is 5.43 Å². The van der Waals surface area contributed by atoms with Crippen LogP contribution in [0, 0.1) is 13.8 Å². The molecular formula is C9H12N2O. The predicted molar refractivity (Wildman–Crippen MR) is 47.6 cm³/mol. The van der Waals surface area contributed by atoms with Gasteiger partial charge in [-0.2, -0.15) is 0 Å². The van der Waals surface area contributed by atoms with Gasteiger partial charge in [-0.25, -0.2) is 5.84 Å². The Morgan fingerprint density at radius 3 is 2.67 bits per heavy atom. The van der Waals surface area contributed by atoms with E-state index in [9.17, 15) is 4.79 Å². The van der Waals surface area contributed by atoms with Crippen LogP contribution in [0.15, 0.2) is 18.2 Å². The number of nitrogens with one attached hydrogen (secondary N) is 1. The number of carbonyl (C=O) groups excluding carboxylic acids is 1. The second-order valence-corrected chi connectivity index (χ2v) is 2.72. The Bertz CT molecular complexity index is 307. The summed E-state index contributed by atoms with van der Waals surface area (Å²) in [5.74, 6) is 4.78. The van der Waals surface area contributed by atoms with Crippen molar-refractivity contribution in [3.8, 4) is 0 Å². The second kappa shape index (κ2) is 3.36. The number of rotatable bonds is 1. The number of benzene rings is 1. The third-order valence-corrected chi connectivity index (χ3v) is 1.98. The van der Waals surface area contributed by atoms with Crippen molar-refractivity contribution in [3.63, 3.8) is 0 Å². The molecule has 1 aromatic rings. The van der Waals surface area contributed by atoms with Gasteiger partial charge in [-0.3, -0.25) is 10.2 Å². The molecule has 0 aromatic heterocycles. The highest BCUT2D eigenvalue weighted by atomic mass is 16.2. The van der Waals surface area contributed by atoms with Crippen molar-refractivity contribution < 1.29 is 4.79 Å². The maximum Gasteiger partial charge on any atom is 0.265 e. The molecule has 3 heteroatoms. The lowest BCUT2D eigenvalue weighted by Crippen LogP contribution is -2.30. The molecule has 0 saturated heterocycles. The molecule has 0 aliphatic carbocycles. The van der Waals surface area contributed by atoms with Gasteiger partial charge in [-0.05, 0) is 31.0 Å². The summed E-state index contributed by atoms with van der Waals surface area (Å²) in [6.07, 6.45) is 0. The number of carbonyl (C=O) groups is 1. The molecule has 0 heterocycles. The van der Waals surface area contributed by atoms with E-state index in [1.165, 1.54) is 0 Å². The molecule has 0 atom stereocenters. The standard InChI is InChI=1S/C9H12N2O/c1-6-4-3-5-8(7(6)2)9(12)11-10/h3-5H,10H2,1-2H3,(H,11,12). The third kappa shape index (κ3) is 1.46.